The van der Waals surface area contributed by atoms with Crippen LogP contribution < -0.4 is 10.0 Å². The number of nitrogens with one attached hydrogen (secondary N) is 2. The second-order valence-electron chi connectivity index (χ2n) is 6.90. The number of benzene rings is 1. The fourth-order valence-corrected chi connectivity index (χ4v) is 5.11. The number of ether oxygens (including phenoxy) is 1. The van der Waals surface area contributed by atoms with Gasteiger partial charge in [0.25, 0.3) is 0 Å². The maximum absolute atomic E-state index is 12.7. The van der Waals surface area contributed by atoms with E-state index in [-0.39, 0.29) is 18.1 Å². The van der Waals surface area contributed by atoms with Crippen LogP contribution in [0.4, 0.5) is 10.5 Å². The number of amides is 2. The van der Waals surface area contributed by atoms with E-state index < -0.39 is 22.4 Å². The third-order valence-electron chi connectivity index (χ3n) is 4.66. The lowest BCUT2D eigenvalue weighted by Crippen LogP contribution is -2.40. The number of aromatic nitrogens is 1. The van der Waals surface area contributed by atoms with Gasteiger partial charge in [0.2, 0.25) is 5.91 Å². The molecule has 2 aromatic heterocycles. The number of methoxy groups -OCH3 is 1. The van der Waals surface area contributed by atoms with Gasteiger partial charge in [-0.2, -0.15) is 8.42 Å². The monoisotopic (exact) mass is 510 g/mol. The number of hydrogen-bond acceptors (Lipinski definition) is 8. The van der Waals surface area contributed by atoms with E-state index in [1.807, 2.05) is 27.6 Å². The first kappa shape index (κ1) is 24.6. The van der Waals surface area contributed by atoms with Gasteiger partial charge in [-0.05, 0) is 35.6 Å². The topological polar surface area (TPSA) is 138 Å². The summed E-state index contributed by atoms with van der Waals surface area (Å²) in [6.45, 7) is -0.237. The van der Waals surface area contributed by atoms with Crippen LogP contribution in [0.2, 0.25) is 0 Å². The molecule has 2 heterocycles. The molecule has 3 N–H and O–H groups in total. The molecular formula is C20H22N4O6S3. The Morgan fingerprint density at radius 2 is 1.94 bits per heavy atom. The minimum atomic E-state index is -4.37. The highest BCUT2D eigenvalue weighted by Gasteiger charge is 2.25. The molecule has 0 saturated heterocycles. The number of hydrogen-bond donors (Lipinski definition) is 3. The van der Waals surface area contributed by atoms with Crippen molar-refractivity contribution in [2.45, 2.75) is 12.5 Å². The summed E-state index contributed by atoms with van der Waals surface area (Å²) >= 11 is 3.04. The summed E-state index contributed by atoms with van der Waals surface area (Å²) in [5.74, 6) is -0.333. The third kappa shape index (κ3) is 6.99. The third-order valence-corrected chi connectivity index (χ3v) is 7.05. The van der Waals surface area contributed by atoms with Gasteiger partial charge in [-0.1, -0.05) is 18.2 Å². The lowest BCUT2D eigenvalue weighted by atomic mass is 10.0. The van der Waals surface area contributed by atoms with Gasteiger partial charge < -0.3 is 15.0 Å². The van der Waals surface area contributed by atoms with Crippen LogP contribution in [0.5, 0.6) is 0 Å². The maximum Gasteiger partial charge on any atom is 0.407 e. The summed E-state index contributed by atoms with van der Waals surface area (Å²) in [4.78, 5) is 31.4. The molecular weight excluding hydrogens is 488 g/mol. The number of anilines is 1. The Morgan fingerprint density at radius 3 is 2.55 bits per heavy atom. The molecule has 0 spiro atoms. The second kappa shape index (κ2) is 10.7. The number of thiophene rings is 1. The number of thiazole rings is 1. The van der Waals surface area contributed by atoms with E-state index in [9.17, 15) is 18.0 Å². The van der Waals surface area contributed by atoms with Crippen molar-refractivity contribution >= 4 is 50.7 Å². The van der Waals surface area contributed by atoms with E-state index in [0.717, 1.165) is 15.4 Å². The Labute approximate surface area is 199 Å². The molecule has 0 unspecified atom stereocenters. The molecule has 0 radical (unpaired) electrons. The van der Waals surface area contributed by atoms with E-state index in [4.69, 9.17) is 9.54 Å². The molecule has 176 valence electrons. The number of rotatable bonds is 9. The van der Waals surface area contributed by atoms with Crippen LogP contribution in [0.25, 0.3) is 9.88 Å². The molecule has 0 fully saturated rings. The molecule has 1 atom stereocenters. The van der Waals surface area contributed by atoms with Crippen LogP contribution in [-0.4, -0.2) is 55.6 Å². The van der Waals surface area contributed by atoms with Crippen molar-refractivity contribution in [3.05, 3.63) is 58.4 Å². The molecule has 13 heteroatoms. The fourth-order valence-electron chi connectivity index (χ4n) is 2.99. The zero-order valence-electron chi connectivity index (χ0n) is 17.7. The molecule has 3 rings (SSSR count). The number of alkyl carbamates (subject to hydrolysis) is 1. The molecule has 3 aromatic rings. The van der Waals surface area contributed by atoms with Crippen LogP contribution in [0.3, 0.4) is 0 Å². The summed E-state index contributed by atoms with van der Waals surface area (Å²) in [6, 6.07) is 9.88. The molecule has 0 aliphatic heterocycles. The number of likely N-dealkylation sites (N-methyl/N-ethyl adjacent to an activating group) is 1. The second-order valence-corrected chi connectivity index (χ2v) is 9.86. The van der Waals surface area contributed by atoms with Gasteiger partial charge in [0.1, 0.15) is 11.6 Å². The predicted molar refractivity (Wildman–Crippen MR) is 127 cm³/mol. The molecule has 0 aliphatic carbocycles. The summed E-state index contributed by atoms with van der Waals surface area (Å²) in [5.41, 5.74) is 1.71. The first-order valence-electron chi connectivity index (χ1n) is 9.57. The molecule has 0 bridgehead atoms. The first-order chi connectivity index (χ1) is 15.7. The van der Waals surface area contributed by atoms with Crippen molar-refractivity contribution in [2.75, 3.05) is 25.4 Å². The smallest absolute Gasteiger partial charge is 0.407 e. The normalized spacial score (nSPS) is 12.1. The Morgan fingerprint density at radius 1 is 1.21 bits per heavy atom. The lowest BCUT2D eigenvalue weighted by Gasteiger charge is -2.27. The van der Waals surface area contributed by atoms with Crippen molar-refractivity contribution in [1.29, 1.82) is 0 Å². The molecule has 10 nitrogen and oxygen atoms in total. The average molecular weight is 511 g/mol. The molecule has 0 aliphatic rings. The van der Waals surface area contributed by atoms with E-state index in [1.165, 1.54) is 35.5 Å². The molecule has 33 heavy (non-hydrogen) atoms. The summed E-state index contributed by atoms with van der Waals surface area (Å²) in [6.07, 6.45) is -0.316. The predicted octanol–water partition coefficient (Wildman–Crippen LogP) is 3.18. The van der Waals surface area contributed by atoms with Crippen LogP contribution in [-0.2, 0) is 26.3 Å². The Kier molecular flexibility index (Phi) is 8.02. The van der Waals surface area contributed by atoms with Crippen molar-refractivity contribution < 1.29 is 27.3 Å². The summed E-state index contributed by atoms with van der Waals surface area (Å²) in [7, 11) is -1.52. The number of nitrogens with zero attached hydrogens (tertiary/aromatic N) is 2. The molecule has 0 saturated carbocycles. The van der Waals surface area contributed by atoms with E-state index in [0.29, 0.717) is 12.1 Å². The molecule has 2 amide bonds. The summed E-state index contributed by atoms with van der Waals surface area (Å²) < 4.78 is 37.4. The van der Waals surface area contributed by atoms with Gasteiger partial charge in [0, 0.05) is 12.4 Å². The fraction of sp³-hybridized carbons (Fsp3) is 0.250. The van der Waals surface area contributed by atoms with E-state index in [2.05, 4.69) is 10.1 Å². The maximum atomic E-state index is 12.7. The lowest BCUT2D eigenvalue weighted by molar-refractivity contribution is -0.131. The Balaban J connectivity index is 1.83. The van der Waals surface area contributed by atoms with Gasteiger partial charge >= 0.3 is 16.4 Å². The summed E-state index contributed by atoms with van der Waals surface area (Å²) in [5, 5.41) is 7.08. The van der Waals surface area contributed by atoms with Crippen LogP contribution >= 0.6 is 22.7 Å². The van der Waals surface area contributed by atoms with E-state index >= 15 is 0 Å². The highest BCUT2D eigenvalue weighted by molar-refractivity contribution is 7.87. The molecule has 1 aromatic carbocycles. The minimum Gasteiger partial charge on any atom is -0.453 e. The average Bonchev–Trinajstić information content (AvgIpc) is 3.47. The Hall–Kier alpha value is -3.00. The van der Waals surface area contributed by atoms with Gasteiger partial charge in [-0.25, -0.2) is 9.78 Å². The zero-order valence-corrected chi connectivity index (χ0v) is 20.2. The van der Waals surface area contributed by atoms with Crippen LogP contribution in [0, 0.1) is 0 Å². The largest absolute Gasteiger partial charge is 0.453 e. The first-order valence-corrected chi connectivity index (χ1v) is 12.8. The van der Waals surface area contributed by atoms with Gasteiger partial charge in [-0.3, -0.25) is 14.1 Å². The highest BCUT2D eigenvalue weighted by atomic mass is 32.2. The SMILES string of the molecule is COC(=O)NCC(=O)N(C)[C@@H](Cc1ccc(NS(=O)(=O)O)cc1)c1csc(-c2cccs2)n1. The van der Waals surface area contributed by atoms with Crippen LogP contribution in [0.15, 0.2) is 47.2 Å². The van der Waals surface area contributed by atoms with Crippen molar-refractivity contribution in [2.24, 2.45) is 0 Å². The number of carbonyl (C=O) groups excluding carboxylic acids is 2. The highest BCUT2D eigenvalue weighted by Crippen LogP contribution is 2.32. The quantitative estimate of drug-likeness (QED) is 0.376. The van der Waals surface area contributed by atoms with Gasteiger partial charge in [-0.15, -0.1) is 22.7 Å². The van der Waals surface area contributed by atoms with Crippen molar-refractivity contribution in [3.8, 4) is 9.88 Å². The van der Waals surface area contributed by atoms with Gasteiger partial charge in [0.05, 0.1) is 29.4 Å². The van der Waals surface area contributed by atoms with Gasteiger partial charge in [0.15, 0.2) is 0 Å². The standard InChI is InChI=1S/C20H22N4O6S3/c1-24(18(25)11-21-20(26)30-2)16(15-12-32-19(22-15)17-4-3-9-31-17)10-13-5-7-14(8-6-13)23-33(27,28)29/h3-9,12,16,23H,10-11H2,1-2H3,(H,21,26)(H,27,28,29)/t16-/m0/s1. The minimum absolute atomic E-state index is 0.207. The van der Waals surface area contributed by atoms with Crippen molar-refractivity contribution in [1.82, 2.24) is 15.2 Å². The zero-order chi connectivity index (χ0) is 24.0. The Bertz CT molecular complexity index is 1190. The van der Waals surface area contributed by atoms with Crippen molar-refractivity contribution in [3.63, 3.8) is 0 Å². The van der Waals surface area contributed by atoms with Crippen LogP contribution in [0.1, 0.15) is 17.3 Å². The number of carbonyl (C=O) groups is 2. The van der Waals surface area contributed by atoms with E-state index in [1.54, 1.807) is 30.5 Å².